The van der Waals surface area contributed by atoms with Gasteiger partial charge in [0, 0.05) is 22.8 Å². The number of allylic oxidation sites excluding steroid dienone is 1. The fourth-order valence-electron chi connectivity index (χ4n) is 1.33. The van der Waals surface area contributed by atoms with Gasteiger partial charge in [-0.1, -0.05) is 22.9 Å². The number of carbonyl (C=O) groups excluding carboxylic acids is 1. The van der Waals surface area contributed by atoms with Gasteiger partial charge in [0.1, 0.15) is 11.0 Å². The Kier molecular flexibility index (Phi) is 4.26. The second-order valence-electron chi connectivity index (χ2n) is 3.45. The molecule has 0 radical (unpaired) electrons. The van der Waals surface area contributed by atoms with Gasteiger partial charge in [0.05, 0.1) is 7.11 Å². The molecule has 0 aromatic rings. The van der Waals surface area contributed by atoms with Crippen LogP contribution in [-0.4, -0.2) is 38.7 Å². The van der Waals surface area contributed by atoms with Gasteiger partial charge in [-0.05, 0) is 0 Å². The van der Waals surface area contributed by atoms with Crippen LogP contribution in [0, 0.1) is 5.92 Å². The zero-order valence-corrected chi connectivity index (χ0v) is 11.3. The molecule has 0 N–H and O–H groups in total. The SMILES string of the molecule is COC(=O)CS(=O)(=O)C1C=NC=C(Br)C1C. The van der Waals surface area contributed by atoms with Gasteiger partial charge in [0.25, 0.3) is 0 Å². The van der Waals surface area contributed by atoms with E-state index in [4.69, 9.17) is 0 Å². The lowest BCUT2D eigenvalue weighted by Crippen LogP contribution is -2.35. The van der Waals surface area contributed by atoms with E-state index >= 15 is 0 Å². The number of sulfone groups is 1. The fourth-order valence-corrected chi connectivity index (χ4v) is 3.57. The molecule has 90 valence electrons. The first-order valence-electron chi connectivity index (χ1n) is 4.55. The Morgan fingerprint density at radius 2 is 2.25 bits per heavy atom. The van der Waals surface area contributed by atoms with E-state index in [-0.39, 0.29) is 5.92 Å². The van der Waals surface area contributed by atoms with Crippen molar-refractivity contribution in [1.82, 2.24) is 0 Å². The molecule has 0 saturated carbocycles. The van der Waals surface area contributed by atoms with Gasteiger partial charge in [-0.25, -0.2) is 8.42 Å². The quantitative estimate of drug-likeness (QED) is 0.726. The second kappa shape index (κ2) is 5.09. The average Bonchev–Trinajstić information content (AvgIpc) is 2.21. The molecule has 5 nitrogen and oxygen atoms in total. The molecule has 1 aliphatic heterocycles. The first kappa shape index (κ1) is 13.4. The third-order valence-electron chi connectivity index (χ3n) is 2.32. The number of methoxy groups -OCH3 is 1. The van der Waals surface area contributed by atoms with E-state index in [9.17, 15) is 13.2 Å². The summed E-state index contributed by atoms with van der Waals surface area (Å²) in [5, 5.41) is -0.786. The zero-order valence-electron chi connectivity index (χ0n) is 8.88. The highest BCUT2D eigenvalue weighted by molar-refractivity contribution is 9.11. The number of ether oxygens (including phenoxy) is 1. The van der Waals surface area contributed by atoms with Gasteiger partial charge in [-0.2, -0.15) is 0 Å². The molecule has 0 bridgehead atoms. The standard InChI is InChI=1S/C9H12BrNO4S/c1-6-7(10)3-11-4-8(6)16(13,14)5-9(12)15-2/h3-4,6,8H,5H2,1-2H3. The number of rotatable bonds is 3. The molecule has 1 aliphatic rings. The number of esters is 1. The molecule has 0 aliphatic carbocycles. The summed E-state index contributed by atoms with van der Waals surface area (Å²) in [4.78, 5) is 14.8. The molecule has 2 atom stereocenters. The van der Waals surface area contributed by atoms with Gasteiger partial charge in [0.2, 0.25) is 0 Å². The van der Waals surface area contributed by atoms with Crippen LogP contribution in [-0.2, 0) is 19.4 Å². The van der Waals surface area contributed by atoms with Crippen LogP contribution in [0.2, 0.25) is 0 Å². The van der Waals surface area contributed by atoms with Gasteiger partial charge < -0.3 is 4.74 Å². The summed E-state index contributed by atoms with van der Waals surface area (Å²) in [5.41, 5.74) is 0. The zero-order chi connectivity index (χ0) is 12.3. The minimum absolute atomic E-state index is 0.243. The van der Waals surface area contributed by atoms with Crippen LogP contribution in [0.1, 0.15) is 6.92 Å². The molecule has 7 heteroatoms. The summed E-state index contributed by atoms with van der Waals surface area (Å²) < 4.78 is 28.8. The van der Waals surface area contributed by atoms with E-state index < -0.39 is 26.8 Å². The lowest BCUT2D eigenvalue weighted by atomic mass is 10.1. The highest BCUT2D eigenvalue weighted by Crippen LogP contribution is 2.27. The molecule has 1 rings (SSSR count). The Labute approximate surface area is 103 Å². The summed E-state index contributed by atoms with van der Waals surface area (Å²) in [7, 11) is -2.41. The molecule has 0 fully saturated rings. The normalized spacial score (nSPS) is 25.1. The second-order valence-corrected chi connectivity index (χ2v) is 6.52. The number of hydrogen-bond donors (Lipinski definition) is 0. The van der Waals surface area contributed by atoms with Crippen LogP contribution >= 0.6 is 15.9 Å². The Balaban J connectivity index is 2.90. The summed E-state index contributed by atoms with van der Waals surface area (Å²) in [6.07, 6.45) is 2.89. The molecule has 16 heavy (non-hydrogen) atoms. The van der Waals surface area contributed by atoms with E-state index in [0.717, 1.165) is 7.11 Å². The van der Waals surface area contributed by atoms with Crippen molar-refractivity contribution in [2.45, 2.75) is 12.2 Å². The molecule has 0 aromatic heterocycles. The summed E-state index contributed by atoms with van der Waals surface area (Å²) in [6, 6.07) is 0. The van der Waals surface area contributed by atoms with Crippen LogP contribution in [0.25, 0.3) is 0 Å². The maximum Gasteiger partial charge on any atom is 0.320 e. The minimum atomic E-state index is -3.57. The van der Waals surface area contributed by atoms with Crippen LogP contribution in [0.4, 0.5) is 0 Å². The molecule has 2 unspecified atom stereocenters. The molecule has 0 amide bonds. The van der Waals surface area contributed by atoms with Crippen molar-refractivity contribution >= 4 is 38.0 Å². The van der Waals surface area contributed by atoms with Gasteiger partial charge in [-0.15, -0.1) is 0 Å². The van der Waals surface area contributed by atoms with E-state index in [2.05, 4.69) is 25.7 Å². The number of nitrogens with zero attached hydrogens (tertiary/aromatic N) is 1. The van der Waals surface area contributed by atoms with E-state index in [0.29, 0.717) is 4.48 Å². The molecule has 0 spiro atoms. The van der Waals surface area contributed by atoms with E-state index in [1.165, 1.54) is 6.21 Å². The molecular weight excluding hydrogens is 298 g/mol. The fraction of sp³-hybridized carbons (Fsp3) is 0.556. The molecular formula is C9H12BrNO4S. The van der Waals surface area contributed by atoms with E-state index in [1.54, 1.807) is 13.1 Å². The van der Waals surface area contributed by atoms with Gasteiger partial charge in [0.15, 0.2) is 9.84 Å². The van der Waals surface area contributed by atoms with Crippen molar-refractivity contribution in [3.05, 3.63) is 10.7 Å². The van der Waals surface area contributed by atoms with Crippen molar-refractivity contribution in [3.8, 4) is 0 Å². The van der Waals surface area contributed by atoms with Crippen molar-refractivity contribution in [1.29, 1.82) is 0 Å². The lowest BCUT2D eigenvalue weighted by Gasteiger charge is -2.21. The summed E-state index contributed by atoms with van der Waals surface area (Å²) >= 11 is 3.24. The van der Waals surface area contributed by atoms with Crippen LogP contribution < -0.4 is 0 Å². The highest BCUT2D eigenvalue weighted by Gasteiger charge is 2.34. The maximum atomic E-state index is 11.9. The van der Waals surface area contributed by atoms with Gasteiger partial charge >= 0.3 is 5.97 Å². The van der Waals surface area contributed by atoms with Crippen molar-refractivity contribution < 1.29 is 17.9 Å². The number of aliphatic imine (C=N–C) groups is 1. The predicted octanol–water partition coefficient (Wildman–Crippen LogP) is 0.900. The largest absolute Gasteiger partial charge is 0.468 e. The monoisotopic (exact) mass is 309 g/mol. The predicted molar refractivity (Wildman–Crippen MR) is 64.3 cm³/mol. The first-order valence-corrected chi connectivity index (χ1v) is 7.06. The third kappa shape index (κ3) is 2.91. The lowest BCUT2D eigenvalue weighted by molar-refractivity contribution is -0.137. The number of halogens is 1. The highest BCUT2D eigenvalue weighted by atomic mass is 79.9. The van der Waals surface area contributed by atoms with Crippen molar-refractivity contribution in [2.75, 3.05) is 12.9 Å². The number of hydrogen-bond acceptors (Lipinski definition) is 5. The number of carbonyl (C=O) groups is 1. The first-order chi connectivity index (χ1) is 7.38. The molecule has 0 saturated heterocycles. The van der Waals surface area contributed by atoms with Crippen LogP contribution in [0.15, 0.2) is 15.7 Å². The minimum Gasteiger partial charge on any atom is -0.468 e. The third-order valence-corrected chi connectivity index (χ3v) is 5.24. The van der Waals surface area contributed by atoms with Crippen LogP contribution in [0.5, 0.6) is 0 Å². The summed E-state index contributed by atoms with van der Waals surface area (Å²) in [6.45, 7) is 1.76. The van der Waals surface area contributed by atoms with Crippen LogP contribution in [0.3, 0.4) is 0 Å². The average molecular weight is 310 g/mol. The smallest absolute Gasteiger partial charge is 0.320 e. The molecule has 1 heterocycles. The van der Waals surface area contributed by atoms with E-state index in [1.807, 2.05) is 0 Å². The maximum absolute atomic E-state index is 11.9. The molecule has 0 aromatic carbocycles. The van der Waals surface area contributed by atoms with Gasteiger partial charge in [-0.3, -0.25) is 9.79 Å². The Hall–Kier alpha value is -0.690. The summed E-state index contributed by atoms with van der Waals surface area (Å²) in [5.74, 6) is -1.62. The van der Waals surface area contributed by atoms with Crippen molar-refractivity contribution in [2.24, 2.45) is 10.9 Å². The van der Waals surface area contributed by atoms with Crippen molar-refractivity contribution in [3.63, 3.8) is 0 Å². The Bertz CT molecular complexity index is 440. The topological polar surface area (TPSA) is 72.8 Å². The Morgan fingerprint density at radius 3 is 2.81 bits per heavy atom. The Morgan fingerprint density at radius 1 is 1.62 bits per heavy atom.